The van der Waals surface area contributed by atoms with Gasteiger partial charge in [-0.1, -0.05) is 133 Å². The Morgan fingerprint density at radius 2 is 1.02 bits per heavy atom. The fraction of sp³-hybridized carbons (Fsp3) is 0.143. The molecule has 2 aliphatic carbocycles. The van der Waals surface area contributed by atoms with E-state index in [0.29, 0.717) is 7.48 Å². The minimum Gasteiger partial charge on any atom is -0.427 e. The molecule has 1 N–H and O–H groups in total. The van der Waals surface area contributed by atoms with Crippen molar-refractivity contribution in [3.05, 3.63) is 192 Å². The summed E-state index contributed by atoms with van der Waals surface area (Å²) in [4.78, 5) is 2.37. The van der Waals surface area contributed by atoms with Crippen LogP contribution in [-0.2, 0) is 10.1 Å². The van der Waals surface area contributed by atoms with E-state index in [-0.39, 0.29) is 0 Å². The van der Waals surface area contributed by atoms with Gasteiger partial charge in [-0.3, -0.25) is 0 Å². The summed E-state index contributed by atoms with van der Waals surface area (Å²) in [7, 11) is 0.389. The lowest BCUT2D eigenvalue weighted by Crippen LogP contribution is -2.49. The quantitative estimate of drug-likeness (QED) is 0.161. The van der Waals surface area contributed by atoms with E-state index in [2.05, 4.69) is 175 Å². The highest BCUT2D eigenvalue weighted by atomic mass is 16.5. The molecule has 9 rings (SSSR count). The third-order valence-corrected chi connectivity index (χ3v) is 11.8. The van der Waals surface area contributed by atoms with Crippen LogP contribution in [0.2, 0.25) is 0 Å². The summed E-state index contributed by atoms with van der Waals surface area (Å²) in [6.07, 6.45) is 0. The molecule has 0 fully saturated rings. The SMILES string of the molecule is CC(C)(O)C(C)(C)OBc1cccc2c1-c1ccccc1C21c2ccccc2-c2ccc(N(c3ccccc3)c3ccc(-c4ccccc4)cc3)cc21. The predicted octanol–water partition coefficient (Wildman–Crippen LogP) is 10.7. The van der Waals surface area contributed by atoms with E-state index in [0.717, 1.165) is 22.5 Å². The molecule has 0 heterocycles. The maximum absolute atomic E-state index is 10.9. The molecule has 1 unspecified atom stereocenters. The van der Waals surface area contributed by atoms with Gasteiger partial charge in [0.05, 0.1) is 16.6 Å². The maximum Gasteiger partial charge on any atom is 0.310 e. The van der Waals surface area contributed by atoms with Crippen LogP contribution in [0.15, 0.2) is 170 Å². The molecule has 7 aromatic carbocycles. The zero-order valence-corrected chi connectivity index (χ0v) is 30.7. The first-order chi connectivity index (χ1) is 25.7. The summed E-state index contributed by atoms with van der Waals surface area (Å²) in [5.41, 5.74) is 14.6. The molecule has 0 amide bonds. The van der Waals surface area contributed by atoms with Gasteiger partial charge in [0.2, 0.25) is 0 Å². The number of para-hydroxylation sites is 1. The first kappa shape index (κ1) is 33.2. The summed E-state index contributed by atoms with van der Waals surface area (Å²) in [6.45, 7) is 7.55. The molecule has 3 nitrogen and oxygen atoms in total. The van der Waals surface area contributed by atoms with Crippen molar-refractivity contribution in [2.45, 2.75) is 44.3 Å². The number of aliphatic hydroxyl groups is 1. The molecule has 0 bridgehead atoms. The molecule has 0 saturated heterocycles. The van der Waals surface area contributed by atoms with Crippen LogP contribution in [0.1, 0.15) is 49.9 Å². The molecule has 4 heteroatoms. The lowest BCUT2D eigenvalue weighted by Gasteiger charge is -2.37. The van der Waals surface area contributed by atoms with Crippen molar-refractivity contribution in [1.82, 2.24) is 0 Å². The monoisotopic (exact) mass is 687 g/mol. The van der Waals surface area contributed by atoms with Crippen LogP contribution >= 0.6 is 0 Å². The molecule has 0 aliphatic heterocycles. The van der Waals surface area contributed by atoms with E-state index >= 15 is 0 Å². The van der Waals surface area contributed by atoms with Crippen LogP contribution < -0.4 is 10.4 Å². The molecule has 0 aromatic heterocycles. The van der Waals surface area contributed by atoms with Crippen molar-refractivity contribution >= 4 is 30.0 Å². The van der Waals surface area contributed by atoms with Gasteiger partial charge in [-0.05, 0) is 125 Å². The molecule has 1 spiro atoms. The van der Waals surface area contributed by atoms with Gasteiger partial charge >= 0.3 is 7.48 Å². The summed E-state index contributed by atoms with van der Waals surface area (Å²) < 4.78 is 6.54. The number of benzene rings is 7. The van der Waals surface area contributed by atoms with Crippen molar-refractivity contribution < 1.29 is 9.76 Å². The Labute approximate surface area is 313 Å². The van der Waals surface area contributed by atoms with E-state index in [4.69, 9.17) is 4.65 Å². The molecule has 0 radical (unpaired) electrons. The second-order valence-electron chi connectivity index (χ2n) is 15.4. The molecule has 1 atom stereocenters. The molecule has 7 aromatic rings. The van der Waals surface area contributed by atoms with Crippen LogP contribution in [0.25, 0.3) is 33.4 Å². The Kier molecular flexibility index (Phi) is 7.81. The highest BCUT2D eigenvalue weighted by Gasteiger charge is 2.52. The van der Waals surface area contributed by atoms with Crippen LogP contribution in [0.4, 0.5) is 17.1 Å². The van der Waals surface area contributed by atoms with Gasteiger partial charge in [0.15, 0.2) is 0 Å². The molecule has 0 saturated carbocycles. The normalized spacial score (nSPS) is 15.4. The maximum atomic E-state index is 10.9. The van der Waals surface area contributed by atoms with Crippen molar-refractivity contribution in [2.24, 2.45) is 0 Å². The lowest BCUT2D eigenvalue weighted by atomic mass is 9.69. The van der Waals surface area contributed by atoms with Crippen molar-refractivity contribution in [2.75, 3.05) is 4.90 Å². The predicted molar refractivity (Wildman–Crippen MR) is 221 cm³/mol. The van der Waals surface area contributed by atoms with Gasteiger partial charge in [0.25, 0.3) is 0 Å². The number of hydrogen-bond donors (Lipinski definition) is 1. The molecular weight excluding hydrogens is 645 g/mol. The summed E-state index contributed by atoms with van der Waals surface area (Å²) in [6, 6.07) is 61.7. The van der Waals surface area contributed by atoms with Gasteiger partial charge in [0, 0.05) is 17.1 Å². The molecule has 258 valence electrons. The summed E-state index contributed by atoms with van der Waals surface area (Å²) in [5, 5.41) is 10.9. The van der Waals surface area contributed by atoms with Gasteiger partial charge in [-0.25, -0.2) is 0 Å². The second-order valence-corrected chi connectivity index (χ2v) is 15.4. The van der Waals surface area contributed by atoms with Gasteiger partial charge in [-0.15, -0.1) is 0 Å². The van der Waals surface area contributed by atoms with Crippen LogP contribution in [0, 0.1) is 0 Å². The minimum absolute atomic E-state index is 0.389. The third-order valence-electron chi connectivity index (χ3n) is 11.8. The van der Waals surface area contributed by atoms with Gasteiger partial charge in [0.1, 0.15) is 0 Å². The van der Waals surface area contributed by atoms with E-state index in [1.165, 1.54) is 55.6 Å². The lowest BCUT2D eigenvalue weighted by molar-refractivity contribution is -0.0893. The van der Waals surface area contributed by atoms with Gasteiger partial charge < -0.3 is 14.7 Å². The van der Waals surface area contributed by atoms with E-state index < -0.39 is 16.6 Å². The van der Waals surface area contributed by atoms with Gasteiger partial charge in [-0.2, -0.15) is 0 Å². The first-order valence-electron chi connectivity index (χ1n) is 18.5. The fourth-order valence-corrected chi connectivity index (χ4v) is 8.40. The zero-order chi connectivity index (χ0) is 36.4. The highest BCUT2D eigenvalue weighted by Crippen LogP contribution is 2.63. The number of fused-ring (bicyclic) bond motifs is 10. The standard InChI is InChI=1S/C49H42BNO2/c1-47(2,52)48(3,4)53-50-45-25-15-24-43-46(45)40-21-12-14-23-42(40)49(43)41-22-13-11-20-38(41)39-31-30-37(32-44(39)49)51(35-18-9-6-10-19-35)36-28-26-34(27-29-36)33-16-7-5-8-17-33/h5-32,50,52H,1-4H3. The van der Waals surface area contributed by atoms with E-state index in [9.17, 15) is 5.11 Å². The smallest absolute Gasteiger partial charge is 0.310 e. The van der Waals surface area contributed by atoms with Crippen LogP contribution in [-0.4, -0.2) is 23.8 Å². The third kappa shape index (κ3) is 5.20. The second kappa shape index (κ2) is 12.5. The zero-order valence-electron chi connectivity index (χ0n) is 30.7. The Morgan fingerprint density at radius 1 is 0.491 bits per heavy atom. The summed E-state index contributed by atoms with van der Waals surface area (Å²) >= 11 is 0. The topological polar surface area (TPSA) is 32.7 Å². The van der Waals surface area contributed by atoms with Crippen LogP contribution in [0.3, 0.4) is 0 Å². The van der Waals surface area contributed by atoms with E-state index in [1.807, 2.05) is 27.7 Å². The highest BCUT2D eigenvalue weighted by molar-refractivity contribution is 6.50. The fourth-order valence-electron chi connectivity index (χ4n) is 8.40. The number of hydrogen-bond acceptors (Lipinski definition) is 3. The molecular formula is C49H42BNO2. The Morgan fingerprint density at radius 3 is 1.72 bits per heavy atom. The largest absolute Gasteiger partial charge is 0.427 e. The Hall–Kier alpha value is -5.68. The number of anilines is 3. The Balaban J connectivity index is 1.24. The molecule has 53 heavy (non-hydrogen) atoms. The van der Waals surface area contributed by atoms with Crippen molar-refractivity contribution in [3.63, 3.8) is 0 Å². The number of nitrogens with zero attached hydrogens (tertiary/aromatic N) is 1. The average Bonchev–Trinajstić information content (AvgIpc) is 3.65. The van der Waals surface area contributed by atoms with Crippen molar-refractivity contribution in [3.8, 4) is 33.4 Å². The number of rotatable bonds is 8. The van der Waals surface area contributed by atoms with E-state index in [1.54, 1.807) is 0 Å². The average molecular weight is 688 g/mol. The summed E-state index contributed by atoms with van der Waals surface area (Å²) in [5.74, 6) is 0. The van der Waals surface area contributed by atoms with Crippen molar-refractivity contribution in [1.29, 1.82) is 0 Å². The molecule has 2 aliphatic rings. The Bertz CT molecular complexity index is 2470. The van der Waals surface area contributed by atoms with Crippen LogP contribution in [0.5, 0.6) is 0 Å². The minimum atomic E-state index is -1.00. The first-order valence-corrected chi connectivity index (χ1v) is 18.5.